The zero-order chi connectivity index (χ0) is 24.4. The molecular formula is C20H21F4N2O5PS. The number of fused-ring (bicyclic) bond motifs is 1. The van der Waals surface area contributed by atoms with Crippen molar-refractivity contribution in [2.45, 2.75) is 35.2 Å². The Hall–Kier alpha value is -2.20. The molecule has 13 heteroatoms. The van der Waals surface area contributed by atoms with E-state index in [0.29, 0.717) is 19.0 Å². The summed E-state index contributed by atoms with van der Waals surface area (Å²) < 4.78 is 87.4. The Bertz CT molecular complexity index is 1210. The topological polar surface area (TPSA) is 89.7 Å². The molecule has 0 bridgehead atoms. The molecule has 3 unspecified atom stereocenters. The molecule has 1 aliphatic carbocycles. The number of likely N-dealkylation sites (tertiary alicyclic amines) is 1. The lowest BCUT2D eigenvalue weighted by atomic mass is 10.0. The SMILES string of the molecule is CC(F)(F)c1cc(C23CC2CN(C(=O)c2cc(S(C)(=O)=O)ccc2OCC(F)(F)P)C3)no1. The highest BCUT2D eigenvalue weighted by molar-refractivity contribution is 7.90. The fourth-order valence-corrected chi connectivity index (χ4v) is 4.86. The van der Waals surface area contributed by atoms with Gasteiger partial charge in [0.2, 0.25) is 5.76 Å². The van der Waals surface area contributed by atoms with Crippen LogP contribution in [0.15, 0.2) is 33.7 Å². The van der Waals surface area contributed by atoms with Crippen molar-refractivity contribution >= 4 is 25.0 Å². The average molecular weight is 508 g/mol. The quantitative estimate of drug-likeness (QED) is 0.421. The van der Waals surface area contributed by atoms with Crippen molar-refractivity contribution in [3.8, 4) is 5.75 Å². The minimum Gasteiger partial charge on any atom is -0.486 e. The molecule has 2 aliphatic rings. The van der Waals surface area contributed by atoms with Gasteiger partial charge in [0.15, 0.2) is 16.4 Å². The van der Waals surface area contributed by atoms with Gasteiger partial charge in [-0.05, 0) is 30.5 Å². The van der Waals surface area contributed by atoms with Crippen molar-refractivity contribution in [1.82, 2.24) is 10.1 Å². The van der Waals surface area contributed by atoms with E-state index >= 15 is 0 Å². The number of amides is 1. The summed E-state index contributed by atoms with van der Waals surface area (Å²) in [6.45, 7) is 0.0695. The van der Waals surface area contributed by atoms with E-state index in [2.05, 4.69) is 5.16 Å². The number of ether oxygens (including phenoxy) is 1. The van der Waals surface area contributed by atoms with E-state index in [1.54, 1.807) is 0 Å². The van der Waals surface area contributed by atoms with Gasteiger partial charge in [-0.3, -0.25) is 4.79 Å². The third-order valence-electron chi connectivity index (χ3n) is 5.92. The third kappa shape index (κ3) is 4.73. The second kappa shape index (κ2) is 7.66. The number of hydrogen-bond donors (Lipinski definition) is 0. The molecule has 1 saturated heterocycles. The Kier molecular flexibility index (Phi) is 5.56. The number of rotatable bonds is 7. The number of carbonyl (C=O) groups excluding carboxylic acids is 1. The molecule has 1 saturated carbocycles. The van der Waals surface area contributed by atoms with E-state index in [4.69, 9.17) is 9.26 Å². The molecule has 2 heterocycles. The molecular weight excluding hydrogens is 487 g/mol. The zero-order valence-corrected chi connectivity index (χ0v) is 19.6. The van der Waals surface area contributed by atoms with Crippen LogP contribution < -0.4 is 4.74 Å². The van der Waals surface area contributed by atoms with Crippen molar-refractivity contribution in [1.29, 1.82) is 0 Å². The van der Waals surface area contributed by atoms with Gasteiger partial charge in [0, 0.05) is 37.8 Å². The predicted molar refractivity (Wildman–Crippen MR) is 111 cm³/mol. The molecule has 3 atom stereocenters. The van der Waals surface area contributed by atoms with Crippen molar-refractivity contribution in [3.63, 3.8) is 0 Å². The van der Waals surface area contributed by atoms with Gasteiger partial charge in [0.05, 0.1) is 16.2 Å². The van der Waals surface area contributed by atoms with Crippen LogP contribution in [0.25, 0.3) is 0 Å². The summed E-state index contributed by atoms with van der Waals surface area (Å²) >= 11 is 0. The van der Waals surface area contributed by atoms with Gasteiger partial charge in [-0.2, -0.15) is 17.6 Å². The summed E-state index contributed by atoms with van der Waals surface area (Å²) in [7, 11) is -2.36. The van der Waals surface area contributed by atoms with E-state index in [0.717, 1.165) is 12.3 Å². The average Bonchev–Trinajstić information content (AvgIpc) is 3.07. The van der Waals surface area contributed by atoms with Gasteiger partial charge in [0.25, 0.3) is 11.6 Å². The van der Waals surface area contributed by atoms with Crippen LogP contribution in [0.4, 0.5) is 17.6 Å². The van der Waals surface area contributed by atoms with Crippen LogP contribution in [-0.2, 0) is 21.2 Å². The maximum atomic E-state index is 13.5. The molecule has 1 aliphatic heterocycles. The molecule has 2 aromatic rings. The molecule has 0 spiro atoms. The fraction of sp³-hybridized carbons (Fsp3) is 0.500. The van der Waals surface area contributed by atoms with Crippen LogP contribution in [0, 0.1) is 5.92 Å². The number of hydrogen-bond acceptors (Lipinski definition) is 6. The first-order valence-corrected chi connectivity index (χ1v) is 12.4. The highest BCUT2D eigenvalue weighted by Crippen LogP contribution is 2.59. The van der Waals surface area contributed by atoms with Gasteiger partial charge >= 0.3 is 5.92 Å². The second-order valence-electron chi connectivity index (χ2n) is 8.69. The first-order chi connectivity index (χ1) is 15.1. The number of sulfone groups is 1. The summed E-state index contributed by atoms with van der Waals surface area (Å²) in [6.07, 6.45) is 1.59. The van der Waals surface area contributed by atoms with Crippen LogP contribution in [0.3, 0.4) is 0 Å². The van der Waals surface area contributed by atoms with E-state index in [1.807, 2.05) is 0 Å². The Morgan fingerprint density at radius 3 is 2.61 bits per heavy atom. The summed E-state index contributed by atoms with van der Waals surface area (Å²) in [6, 6.07) is 4.62. The lowest BCUT2D eigenvalue weighted by Crippen LogP contribution is -2.33. The van der Waals surface area contributed by atoms with Crippen LogP contribution in [0.1, 0.15) is 35.2 Å². The molecule has 33 heavy (non-hydrogen) atoms. The van der Waals surface area contributed by atoms with Crippen LogP contribution >= 0.6 is 9.24 Å². The summed E-state index contributed by atoms with van der Waals surface area (Å²) in [4.78, 5) is 14.5. The number of piperidine rings is 1. The van der Waals surface area contributed by atoms with Gasteiger partial charge in [0.1, 0.15) is 5.75 Å². The van der Waals surface area contributed by atoms with E-state index < -0.39 is 45.1 Å². The van der Waals surface area contributed by atoms with E-state index in [-0.39, 0.29) is 35.2 Å². The van der Waals surface area contributed by atoms with Crippen molar-refractivity contribution < 1.29 is 40.0 Å². The largest absolute Gasteiger partial charge is 0.486 e. The van der Waals surface area contributed by atoms with Gasteiger partial charge in [-0.25, -0.2) is 8.42 Å². The Morgan fingerprint density at radius 1 is 1.33 bits per heavy atom. The summed E-state index contributed by atoms with van der Waals surface area (Å²) in [5.74, 6) is -4.60. The van der Waals surface area contributed by atoms with Crippen molar-refractivity contribution in [3.05, 3.63) is 41.3 Å². The second-order valence-corrected chi connectivity index (χ2v) is 11.5. The number of nitrogens with zero attached hydrogens (tertiary/aromatic N) is 2. The fourth-order valence-electron chi connectivity index (χ4n) is 4.13. The maximum absolute atomic E-state index is 13.5. The molecule has 0 radical (unpaired) electrons. The lowest BCUT2D eigenvalue weighted by Gasteiger charge is -2.22. The smallest absolute Gasteiger partial charge is 0.304 e. The Balaban J connectivity index is 1.61. The van der Waals surface area contributed by atoms with E-state index in [1.165, 1.54) is 32.3 Å². The molecule has 1 aromatic carbocycles. The van der Waals surface area contributed by atoms with Gasteiger partial charge in [-0.15, -0.1) is 0 Å². The Morgan fingerprint density at radius 2 is 2.03 bits per heavy atom. The van der Waals surface area contributed by atoms with E-state index in [9.17, 15) is 30.8 Å². The predicted octanol–water partition coefficient (Wildman–Crippen LogP) is 3.45. The molecule has 4 rings (SSSR count). The zero-order valence-electron chi connectivity index (χ0n) is 17.6. The first-order valence-electron chi connectivity index (χ1n) is 9.88. The first kappa shape index (κ1) is 23.9. The van der Waals surface area contributed by atoms with Crippen LogP contribution in [0.5, 0.6) is 5.75 Å². The van der Waals surface area contributed by atoms with Crippen molar-refractivity contribution in [2.75, 3.05) is 26.0 Å². The minimum atomic E-state index is -3.68. The highest BCUT2D eigenvalue weighted by atomic mass is 32.2. The standard InChI is InChI=1S/C20H21F4N2O5PS/c1-18(21,22)16-6-15(25-31-16)19-7-11(19)8-26(9-19)17(27)13-5-12(33(2,28)29)3-4-14(13)30-10-20(23,24)32/h3-6,11H,7-10,32H2,1-2H3. The van der Waals surface area contributed by atoms with Crippen LogP contribution in [0.2, 0.25) is 0 Å². The van der Waals surface area contributed by atoms with Gasteiger partial charge in [-0.1, -0.05) is 14.4 Å². The molecule has 2 fully saturated rings. The monoisotopic (exact) mass is 508 g/mol. The minimum absolute atomic E-state index is 0.0382. The van der Waals surface area contributed by atoms with Crippen molar-refractivity contribution in [2.24, 2.45) is 5.92 Å². The molecule has 0 N–H and O–H groups in total. The third-order valence-corrected chi connectivity index (χ3v) is 7.19. The molecule has 180 valence electrons. The molecule has 1 aromatic heterocycles. The van der Waals surface area contributed by atoms with Crippen LogP contribution in [-0.4, -0.2) is 56.0 Å². The highest BCUT2D eigenvalue weighted by Gasteiger charge is 2.63. The number of alkyl halides is 4. The summed E-state index contributed by atoms with van der Waals surface area (Å²) in [5, 5.41) is 3.78. The molecule has 1 amide bonds. The number of aromatic nitrogens is 1. The Labute approximate surface area is 189 Å². The molecule has 7 nitrogen and oxygen atoms in total. The number of benzene rings is 1. The van der Waals surface area contributed by atoms with Gasteiger partial charge < -0.3 is 14.2 Å². The number of carbonyl (C=O) groups is 1. The lowest BCUT2D eigenvalue weighted by molar-refractivity contribution is -0.0105. The number of halogens is 4. The normalized spacial score (nSPS) is 22.9. The maximum Gasteiger partial charge on any atom is 0.304 e. The summed E-state index contributed by atoms with van der Waals surface area (Å²) in [5.41, 5.74) is -3.74.